The predicted molar refractivity (Wildman–Crippen MR) is 85.8 cm³/mol. The molecule has 0 radical (unpaired) electrons. The number of ether oxygens (including phenoxy) is 2. The van der Waals surface area contributed by atoms with E-state index in [4.69, 9.17) is 9.47 Å². The number of carbonyl (C=O) groups is 1. The topological polar surface area (TPSA) is 59.0 Å². The third kappa shape index (κ3) is 2.95. The second kappa shape index (κ2) is 5.21. The summed E-state index contributed by atoms with van der Waals surface area (Å²) in [4.78, 5) is 13.9. The fourth-order valence-electron chi connectivity index (χ4n) is 3.52. The molecular formula is C18H25NO4. The minimum absolute atomic E-state index is 0.287. The summed E-state index contributed by atoms with van der Waals surface area (Å²) >= 11 is 0. The highest BCUT2D eigenvalue weighted by Gasteiger charge is 2.51. The van der Waals surface area contributed by atoms with E-state index in [-0.39, 0.29) is 6.09 Å². The Morgan fingerprint density at radius 3 is 2.35 bits per heavy atom. The molecule has 2 heterocycles. The van der Waals surface area contributed by atoms with Crippen molar-refractivity contribution >= 4 is 6.09 Å². The van der Waals surface area contributed by atoms with E-state index >= 15 is 0 Å². The van der Waals surface area contributed by atoms with Crippen molar-refractivity contribution in [1.29, 1.82) is 0 Å². The van der Waals surface area contributed by atoms with Gasteiger partial charge in [0.2, 0.25) is 0 Å². The van der Waals surface area contributed by atoms with Gasteiger partial charge in [0.05, 0.1) is 0 Å². The molecule has 1 spiro atoms. The van der Waals surface area contributed by atoms with Crippen LogP contribution < -0.4 is 0 Å². The Kier molecular flexibility index (Phi) is 3.69. The molecule has 1 fully saturated rings. The summed E-state index contributed by atoms with van der Waals surface area (Å²) in [6, 6.07) is 7.79. The molecule has 23 heavy (non-hydrogen) atoms. The van der Waals surface area contributed by atoms with Crippen molar-refractivity contribution in [3.05, 3.63) is 35.4 Å². The van der Waals surface area contributed by atoms with Crippen molar-refractivity contribution in [2.45, 2.75) is 57.5 Å². The van der Waals surface area contributed by atoms with E-state index in [1.807, 2.05) is 45.0 Å². The smallest absolute Gasteiger partial charge is 0.410 e. The SMILES string of the molecule is CC(C)(C)OC(=O)N1CCC2(CC1)OC(C)(O)c1ccccc12. The average molecular weight is 319 g/mol. The summed E-state index contributed by atoms with van der Waals surface area (Å²) < 4.78 is 11.5. The van der Waals surface area contributed by atoms with Gasteiger partial charge < -0.3 is 19.5 Å². The summed E-state index contributed by atoms with van der Waals surface area (Å²) in [5, 5.41) is 10.6. The van der Waals surface area contributed by atoms with Crippen molar-refractivity contribution < 1.29 is 19.4 Å². The van der Waals surface area contributed by atoms with Crippen LogP contribution in [0.4, 0.5) is 4.79 Å². The van der Waals surface area contributed by atoms with Gasteiger partial charge in [-0.1, -0.05) is 24.3 Å². The standard InChI is InChI=1S/C18H25NO4/c1-16(2,3)22-15(20)19-11-9-18(10-12-19)14-8-6-5-7-13(14)17(4,21)23-18/h5-8,21H,9-12H2,1-4H3. The molecule has 5 heteroatoms. The molecule has 2 aliphatic rings. The van der Waals surface area contributed by atoms with Crippen molar-refractivity contribution in [2.75, 3.05) is 13.1 Å². The lowest BCUT2D eigenvalue weighted by Crippen LogP contribution is -2.47. The summed E-state index contributed by atoms with van der Waals surface area (Å²) in [5.41, 5.74) is 0.852. The molecule has 1 aromatic carbocycles. The molecule has 1 saturated heterocycles. The predicted octanol–water partition coefficient (Wildman–Crippen LogP) is 3.11. The number of benzene rings is 1. The Balaban J connectivity index is 1.76. The number of likely N-dealkylation sites (tertiary alicyclic amines) is 1. The first kappa shape index (κ1) is 16.3. The zero-order valence-corrected chi connectivity index (χ0v) is 14.3. The number of amides is 1. The molecule has 0 aliphatic carbocycles. The highest BCUT2D eigenvalue weighted by Crippen LogP contribution is 2.50. The molecule has 126 valence electrons. The Labute approximate surface area is 137 Å². The molecule has 1 unspecified atom stereocenters. The van der Waals surface area contributed by atoms with Crippen molar-refractivity contribution in [3.63, 3.8) is 0 Å². The Hall–Kier alpha value is -1.59. The minimum atomic E-state index is -1.27. The first-order valence-electron chi connectivity index (χ1n) is 8.13. The molecule has 3 rings (SSSR count). The lowest BCUT2D eigenvalue weighted by Gasteiger charge is -2.40. The molecule has 1 atom stereocenters. The summed E-state index contributed by atoms with van der Waals surface area (Å²) in [6.45, 7) is 8.39. The van der Waals surface area contributed by atoms with Crippen molar-refractivity contribution in [2.24, 2.45) is 0 Å². The van der Waals surface area contributed by atoms with Crippen molar-refractivity contribution in [3.8, 4) is 0 Å². The Morgan fingerprint density at radius 1 is 1.22 bits per heavy atom. The Morgan fingerprint density at radius 2 is 1.78 bits per heavy atom. The van der Waals surface area contributed by atoms with E-state index in [1.54, 1.807) is 11.8 Å². The molecular weight excluding hydrogens is 294 g/mol. The maximum Gasteiger partial charge on any atom is 0.410 e. The second-order valence-corrected chi connectivity index (χ2v) is 7.59. The number of nitrogens with zero attached hydrogens (tertiary/aromatic N) is 1. The van der Waals surface area contributed by atoms with Crippen LogP contribution in [-0.4, -0.2) is 34.8 Å². The average Bonchev–Trinajstić information content (AvgIpc) is 2.66. The van der Waals surface area contributed by atoms with E-state index in [9.17, 15) is 9.90 Å². The maximum atomic E-state index is 12.2. The lowest BCUT2D eigenvalue weighted by molar-refractivity contribution is -0.257. The fourth-order valence-corrected chi connectivity index (χ4v) is 3.52. The molecule has 5 nitrogen and oxygen atoms in total. The zero-order valence-electron chi connectivity index (χ0n) is 14.3. The van der Waals surface area contributed by atoms with Gasteiger partial charge in [-0.2, -0.15) is 0 Å². The van der Waals surface area contributed by atoms with Gasteiger partial charge in [-0.05, 0) is 46.1 Å². The third-order valence-corrected chi connectivity index (χ3v) is 4.53. The highest BCUT2D eigenvalue weighted by atomic mass is 16.6. The van der Waals surface area contributed by atoms with Crippen LogP contribution in [0.15, 0.2) is 24.3 Å². The number of hydrogen-bond acceptors (Lipinski definition) is 4. The van der Waals surface area contributed by atoms with Crippen LogP contribution in [0, 0.1) is 0 Å². The fraction of sp³-hybridized carbons (Fsp3) is 0.611. The van der Waals surface area contributed by atoms with Crippen LogP contribution in [0.3, 0.4) is 0 Å². The van der Waals surface area contributed by atoms with Crippen LogP contribution in [0.5, 0.6) is 0 Å². The minimum Gasteiger partial charge on any atom is -0.444 e. The largest absolute Gasteiger partial charge is 0.444 e. The molecule has 0 bridgehead atoms. The van der Waals surface area contributed by atoms with Gasteiger partial charge in [0.1, 0.15) is 11.2 Å². The van der Waals surface area contributed by atoms with Gasteiger partial charge in [0, 0.05) is 18.7 Å². The van der Waals surface area contributed by atoms with Gasteiger partial charge in [-0.25, -0.2) is 4.79 Å². The molecule has 2 aliphatic heterocycles. The molecule has 1 amide bonds. The summed E-state index contributed by atoms with van der Waals surface area (Å²) in [5.74, 6) is -1.27. The van der Waals surface area contributed by atoms with Gasteiger partial charge in [0.25, 0.3) is 0 Å². The third-order valence-electron chi connectivity index (χ3n) is 4.53. The van der Waals surface area contributed by atoms with Crippen LogP contribution in [-0.2, 0) is 20.9 Å². The quantitative estimate of drug-likeness (QED) is 0.798. The zero-order chi connectivity index (χ0) is 16.9. The maximum absolute atomic E-state index is 12.2. The lowest BCUT2D eigenvalue weighted by atomic mass is 9.83. The molecule has 0 saturated carbocycles. The molecule has 1 N–H and O–H groups in total. The monoisotopic (exact) mass is 319 g/mol. The number of fused-ring (bicyclic) bond motifs is 2. The van der Waals surface area contributed by atoms with Crippen LogP contribution >= 0.6 is 0 Å². The van der Waals surface area contributed by atoms with E-state index in [0.717, 1.165) is 11.1 Å². The van der Waals surface area contributed by atoms with Gasteiger partial charge in [-0.3, -0.25) is 0 Å². The number of carbonyl (C=O) groups excluding carboxylic acids is 1. The highest BCUT2D eigenvalue weighted by molar-refractivity contribution is 5.68. The number of aliphatic hydroxyl groups is 1. The number of piperidine rings is 1. The normalized spacial score (nSPS) is 26.2. The van der Waals surface area contributed by atoms with Gasteiger partial charge in [-0.15, -0.1) is 0 Å². The first-order valence-corrected chi connectivity index (χ1v) is 8.13. The first-order chi connectivity index (χ1) is 10.6. The Bertz CT molecular complexity index is 610. The molecule has 1 aromatic rings. The summed E-state index contributed by atoms with van der Waals surface area (Å²) in [6.07, 6.45) is 1.02. The van der Waals surface area contributed by atoms with E-state index in [1.165, 1.54) is 0 Å². The second-order valence-electron chi connectivity index (χ2n) is 7.59. The number of rotatable bonds is 0. The van der Waals surface area contributed by atoms with E-state index < -0.39 is 17.0 Å². The van der Waals surface area contributed by atoms with E-state index in [2.05, 4.69) is 0 Å². The van der Waals surface area contributed by atoms with E-state index in [0.29, 0.717) is 25.9 Å². The van der Waals surface area contributed by atoms with Crippen LogP contribution in [0.1, 0.15) is 51.7 Å². The van der Waals surface area contributed by atoms with Crippen molar-refractivity contribution in [1.82, 2.24) is 4.90 Å². The van der Waals surface area contributed by atoms with Gasteiger partial charge >= 0.3 is 6.09 Å². The summed E-state index contributed by atoms with van der Waals surface area (Å²) in [7, 11) is 0. The molecule has 0 aromatic heterocycles. The van der Waals surface area contributed by atoms with Gasteiger partial charge in [0.15, 0.2) is 5.79 Å². The van der Waals surface area contributed by atoms with Crippen LogP contribution in [0.25, 0.3) is 0 Å². The van der Waals surface area contributed by atoms with Crippen LogP contribution in [0.2, 0.25) is 0 Å². The number of hydrogen-bond donors (Lipinski definition) is 1.